The van der Waals surface area contributed by atoms with Crippen LogP contribution < -0.4 is 0 Å². The van der Waals surface area contributed by atoms with E-state index in [1.54, 1.807) is 6.21 Å². The molecule has 0 saturated carbocycles. The van der Waals surface area contributed by atoms with Gasteiger partial charge in [0.1, 0.15) is 0 Å². The Bertz CT molecular complexity index is 304. The van der Waals surface area contributed by atoms with Crippen molar-refractivity contribution in [2.24, 2.45) is 5.92 Å². The summed E-state index contributed by atoms with van der Waals surface area (Å²) in [5, 5.41) is 7.32. The fraction of sp³-hybridized carbons (Fsp3) is 0.462. The lowest BCUT2D eigenvalue weighted by molar-refractivity contribution is 0.563. The highest BCUT2D eigenvalue weighted by atomic mass is 14.4. The first-order valence-corrected chi connectivity index (χ1v) is 5.26. The molecule has 0 amide bonds. The van der Waals surface area contributed by atoms with Gasteiger partial charge in [-0.25, -0.2) is 0 Å². The molecule has 1 aromatic carbocycles. The van der Waals surface area contributed by atoms with Crippen LogP contribution in [0.4, 0.5) is 0 Å². The van der Waals surface area contributed by atoms with Crippen molar-refractivity contribution in [2.45, 2.75) is 33.1 Å². The first-order valence-electron chi connectivity index (χ1n) is 5.26. The molecule has 0 heterocycles. The zero-order valence-electron chi connectivity index (χ0n) is 9.25. The number of hydrogen-bond acceptors (Lipinski definition) is 1. The van der Waals surface area contributed by atoms with Crippen molar-refractivity contribution in [3.8, 4) is 0 Å². The molecule has 0 aromatic heterocycles. The van der Waals surface area contributed by atoms with E-state index in [1.165, 1.54) is 11.1 Å². The fourth-order valence-electron chi connectivity index (χ4n) is 1.93. The normalized spacial score (nSPS) is 14.8. The third-order valence-electron chi connectivity index (χ3n) is 2.81. The minimum absolute atomic E-state index is 0.335. The lowest BCUT2D eigenvalue weighted by Gasteiger charge is -2.19. The molecule has 0 fully saturated rings. The van der Waals surface area contributed by atoms with Gasteiger partial charge in [0.25, 0.3) is 0 Å². The third kappa shape index (κ3) is 2.44. The molecule has 0 spiro atoms. The molecule has 1 nitrogen and oxygen atoms in total. The second kappa shape index (κ2) is 4.94. The number of benzene rings is 1. The Kier molecular flexibility index (Phi) is 3.87. The lowest BCUT2D eigenvalue weighted by Crippen LogP contribution is -2.09. The van der Waals surface area contributed by atoms with Crippen molar-refractivity contribution >= 4 is 6.21 Å². The van der Waals surface area contributed by atoms with Crippen LogP contribution in [-0.4, -0.2) is 6.21 Å². The Morgan fingerprint density at radius 2 is 2.14 bits per heavy atom. The highest BCUT2D eigenvalue weighted by Gasteiger charge is 2.15. The van der Waals surface area contributed by atoms with Crippen LogP contribution in [0.1, 0.15) is 37.3 Å². The van der Waals surface area contributed by atoms with Crippen LogP contribution in [0, 0.1) is 18.3 Å². The molecule has 0 radical (unpaired) electrons. The minimum atomic E-state index is 0.335. The molecule has 0 saturated heterocycles. The van der Waals surface area contributed by atoms with Crippen molar-refractivity contribution in [1.82, 2.24) is 0 Å². The zero-order chi connectivity index (χ0) is 10.6. The van der Waals surface area contributed by atoms with E-state index in [2.05, 4.69) is 45.0 Å². The summed E-state index contributed by atoms with van der Waals surface area (Å²) in [6.45, 7) is 6.42. The van der Waals surface area contributed by atoms with Crippen LogP contribution in [0.2, 0.25) is 0 Å². The second-order valence-electron chi connectivity index (χ2n) is 3.95. The molecule has 1 N–H and O–H groups in total. The maximum absolute atomic E-state index is 7.32. The first kappa shape index (κ1) is 11.0. The summed E-state index contributed by atoms with van der Waals surface area (Å²) in [5.74, 6) is 0.828. The molecule has 0 bridgehead atoms. The predicted octanol–water partition coefficient (Wildman–Crippen LogP) is 3.77. The maximum Gasteiger partial charge on any atom is -0.00134 e. The van der Waals surface area contributed by atoms with Gasteiger partial charge in [-0.15, -0.1) is 0 Å². The molecular weight excluding hydrogens is 170 g/mol. The first-order chi connectivity index (χ1) is 6.69. The molecule has 0 aliphatic carbocycles. The van der Waals surface area contributed by atoms with E-state index in [4.69, 9.17) is 5.41 Å². The van der Waals surface area contributed by atoms with E-state index in [1.807, 2.05) is 0 Å². The molecule has 1 aromatic rings. The van der Waals surface area contributed by atoms with Gasteiger partial charge >= 0.3 is 0 Å². The van der Waals surface area contributed by atoms with Crippen molar-refractivity contribution in [1.29, 1.82) is 5.41 Å². The summed E-state index contributed by atoms with van der Waals surface area (Å²) in [5.41, 5.74) is 2.67. The summed E-state index contributed by atoms with van der Waals surface area (Å²) in [6.07, 6.45) is 2.65. The largest absolute Gasteiger partial charge is 0.313 e. The topological polar surface area (TPSA) is 23.9 Å². The Morgan fingerprint density at radius 1 is 1.43 bits per heavy atom. The molecule has 2 atom stereocenters. The maximum atomic E-state index is 7.32. The Balaban J connectivity index is 2.94. The van der Waals surface area contributed by atoms with Crippen LogP contribution in [0.25, 0.3) is 0 Å². The Morgan fingerprint density at radius 3 is 2.64 bits per heavy atom. The average molecular weight is 189 g/mol. The summed E-state index contributed by atoms with van der Waals surface area (Å²) < 4.78 is 0. The summed E-state index contributed by atoms with van der Waals surface area (Å²) in [6, 6.07) is 8.62. The summed E-state index contributed by atoms with van der Waals surface area (Å²) in [4.78, 5) is 0. The van der Waals surface area contributed by atoms with E-state index < -0.39 is 0 Å². The quantitative estimate of drug-likeness (QED) is 0.697. The molecule has 76 valence electrons. The zero-order valence-corrected chi connectivity index (χ0v) is 9.25. The van der Waals surface area contributed by atoms with Gasteiger partial charge in [0.05, 0.1) is 0 Å². The molecule has 1 heteroatoms. The van der Waals surface area contributed by atoms with Gasteiger partial charge in [-0.3, -0.25) is 0 Å². The molecule has 0 aliphatic heterocycles. The van der Waals surface area contributed by atoms with Crippen LogP contribution in [0.3, 0.4) is 0 Å². The molecular formula is C13H19N. The fourth-order valence-corrected chi connectivity index (χ4v) is 1.93. The van der Waals surface area contributed by atoms with Gasteiger partial charge in [0.2, 0.25) is 0 Å². The van der Waals surface area contributed by atoms with E-state index in [9.17, 15) is 0 Å². The van der Waals surface area contributed by atoms with Crippen molar-refractivity contribution in [2.75, 3.05) is 0 Å². The number of hydrogen-bond donors (Lipinski definition) is 1. The van der Waals surface area contributed by atoms with Crippen LogP contribution >= 0.6 is 0 Å². The summed E-state index contributed by atoms with van der Waals surface area (Å²) in [7, 11) is 0. The Labute approximate surface area is 86.7 Å². The van der Waals surface area contributed by atoms with E-state index >= 15 is 0 Å². The number of rotatable bonds is 4. The minimum Gasteiger partial charge on any atom is -0.313 e. The highest BCUT2D eigenvalue weighted by Crippen LogP contribution is 2.27. The lowest BCUT2D eigenvalue weighted by atomic mass is 9.85. The number of aryl methyl sites for hydroxylation is 1. The monoisotopic (exact) mass is 189 g/mol. The van der Waals surface area contributed by atoms with E-state index in [0.717, 1.165) is 6.42 Å². The smallest absolute Gasteiger partial charge is 0.00134 e. The van der Waals surface area contributed by atoms with Gasteiger partial charge in [-0.1, -0.05) is 43.7 Å². The summed E-state index contributed by atoms with van der Waals surface area (Å²) >= 11 is 0. The van der Waals surface area contributed by atoms with Crippen molar-refractivity contribution in [3.05, 3.63) is 35.4 Å². The molecule has 14 heavy (non-hydrogen) atoms. The van der Waals surface area contributed by atoms with Crippen LogP contribution in [-0.2, 0) is 0 Å². The Hall–Kier alpha value is -1.11. The standard InChI is InChI=1S/C13H19N/c1-4-13(11(3)9-14)12-7-5-6-10(2)8-12/h5-9,11,13-14H,4H2,1-3H3. The van der Waals surface area contributed by atoms with Gasteiger partial charge in [-0.2, -0.15) is 0 Å². The molecule has 1 rings (SSSR count). The van der Waals surface area contributed by atoms with Crippen LogP contribution in [0.5, 0.6) is 0 Å². The van der Waals surface area contributed by atoms with Crippen molar-refractivity contribution < 1.29 is 0 Å². The highest BCUT2D eigenvalue weighted by molar-refractivity contribution is 5.58. The van der Waals surface area contributed by atoms with Gasteiger partial charge in [0.15, 0.2) is 0 Å². The van der Waals surface area contributed by atoms with Crippen molar-refractivity contribution in [3.63, 3.8) is 0 Å². The predicted molar refractivity (Wildman–Crippen MR) is 62.2 cm³/mol. The van der Waals surface area contributed by atoms with E-state index in [-0.39, 0.29) is 0 Å². The molecule has 2 unspecified atom stereocenters. The van der Waals surface area contributed by atoms with Gasteiger partial charge in [-0.05, 0) is 37.0 Å². The number of nitrogens with one attached hydrogen (secondary N) is 1. The SMILES string of the molecule is CCC(c1cccc(C)c1)C(C)C=N. The second-order valence-corrected chi connectivity index (χ2v) is 3.95. The van der Waals surface area contributed by atoms with Gasteiger partial charge < -0.3 is 5.41 Å². The van der Waals surface area contributed by atoms with Gasteiger partial charge in [0, 0.05) is 0 Å². The molecule has 0 aliphatic rings. The average Bonchev–Trinajstić information content (AvgIpc) is 2.19. The third-order valence-corrected chi connectivity index (χ3v) is 2.81. The van der Waals surface area contributed by atoms with E-state index in [0.29, 0.717) is 11.8 Å². The van der Waals surface area contributed by atoms with Crippen LogP contribution in [0.15, 0.2) is 24.3 Å².